The number of rotatable bonds is 2. The fraction of sp³-hybridized carbons (Fsp3) is 0. The van der Waals surface area contributed by atoms with E-state index in [9.17, 15) is 17.8 Å². The normalized spacial score (nSPS) is 10.4. The Kier molecular flexibility index (Phi) is 4.60. The maximum absolute atomic E-state index is 10.3. The van der Waals surface area contributed by atoms with Crippen LogP contribution in [0, 0.1) is 0 Å². The molecule has 0 aromatic carbocycles. The van der Waals surface area contributed by atoms with Crippen molar-refractivity contribution >= 4 is 27.7 Å². The summed E-state index contributed by atoms with van der Waals surface area (Å²) in [5.41, 5.74) is 0. The second kappa shape index (κ2) is 4.50. The van der Waals surface area contributed by atoms with Crippen molar-refractivity contribution in [1.82, 2.24) is 0 Å². The van der Waals surface area contributed by atoms with E-state index in [2.05, 4.69) is 0 Å². The van der Waals surface area contributed by atoms with Crippen molar-refractivity contribution < 1.29 is 47.3 Å². The third kappa shape index (κ3) is 2.96. The van der Waals surface area contributed by atoms with Crippen molar-refractivity contribution in [3.05, 3.63) is 17.0 Å². The van der Waals surface area contributed by atoms with Crippen molar-refractivity contribution in [3.63, 3.8) is 0 Å². The van der Waals surface area contributed by atoms with Crippen molar-refractivity contribution in [2.45, 2.75) is 4.21 Å². The van der Waals surface area contributed by atoms with Gasteiger partial charge >= 0.3 is 29.6 Å². The Bertz CT molecular complexity index is 367. The third-order valence-corrected chi connectivity index (χ3v) is 3.26. The molecule has 1 heterocycles. The van der Waals surface area contributed by atoms with Crippen molar-refractivity contribution in [3.8, 4) is 0 Å². The van der Waals surface area contributed by atoms with Crippen LogP contribution in [0.4, 0.5) is 0 Å². The molecule has 0 aliphatic rings. The number of carbonyl (C=O) groups is 1. The predicted molar refractivity (Wildman–Crippen MR) is 37.7 cm³/mol. The molecule has 0 N–H and O–H groups in total. The van der Waals surface area contributed by atoms with Gasteiger partial charge in [0.1, 0.15) is 14.3 Å². The SMILES string of the molecule is O=Cc1ccc(S(=O)(=O)[O-])s1.[Na+]. The van der Waals surface area contributed by atoms with Crippen LogP contribution < -0.4 is 29.6 Å². The Morgan fingerprint density at radius 1 is 1.42 bits per heavy atom. The molecule has 12 heavy (non-hydrogen) atoms. The Hall–Kier alpha value is 0.280. The van der Waals surface area contributed by atoms with Crippen LogP contribution in [0.5, 0.6) is 0 Å². The van der Waals surface area contributed by atoms with Gasteiger partial charge in [-0.25, -0.2) is 8.42 Å². The van der Waals surface area contributed by atoms with Gasteiger partial charge in [0.2, 0.25) is 0 Å². The smallest absolute Gasteiger partial charge is 0.743 e. The second-order valence-electron chi connectivity index (χ2n) is 1.73. The van der Waals surface area contributed by atoms with Crippen molar-refractivity contribution in [2.24, 2.45) is 0 Å². The summed E-state index contributed by atoms with van der Waals surface area (Å²) in [6, 6.07) is 2.42. The van der Waals surface area contributed by atoms with E-state index >= 15 is 0 Å². The van der Waals surface area contributed by atoms with Gasteiger partial charge in [0.25, 0.3) is 0 Å². The molecule has 1 aromatic rings. The van der Waals surface area contributed by atoms with E-state index in [-0.39, 0.29) is 38.6 Å². The molecule has 0 atom stereocenters. The van der Waals surface area contributed by atoms with Gasteiger partial charge in [0.15, 0.2) is 6.29 Å². The average Bonchev–Trinajstić information content (AvgIpc) is 2.32. The van der Waals surface area contributed by atoms with Crippen molar-refractivity contribution in [2.75, 3.05) is 0 Å². The molecule has 0 spiro atoms. The van der Waals surface area contributed by atoms with E-state index in [4.69, 9.17) is 0 Å². The summed E-state index contributed by atoms with van der Waals surface area (Å²) >= 11 is 0.671. The van der Waals surface area contributed by atoms with Gasteiger partial charge in [-0.1, -0.05) is 0 Å². The first-order valence-electron chi connectivity index (χ1n) is 2.55. The van der Waals surface area contributed by atoms with E-state index in [1.165, 1.54) is 6.07 Å². The molecule has 1 rings (SSSR count). The molecule has 0 bridgehead atoms. The van der Waals surface area contributed by atoms with Crippen LogP contribution in [0.1, 0.15) is 9.67 Å². The molecule has 0 aliphatic carbocycles. The van der Waals surface area contributed by atoms with Crippen LogP contribution in [-0.4, -0.2) is 19.3 Å². The molecule has 0 aliphatic heterocycles. The van der Waals surface area contributed by atoms with Gasteiger partial charge in [-0.05, 0) is 12.1 Å². The average molecular weight is 214 g/mol. The van der Waals surface area contributed by atoms with Gasteiger partial charge in [-0.3, -0.25) is 4.79 Å². The number of hydrogen-bond acceptors (Lipinski definition) is 5. The molecule has 60 valence electrons. The number of thiophene rings is 1. The summed E-state index contributed by atoms with van der Waals surface area (Å²) in [4.78, 5) is 10.3. The molecule has 0 amide bonds. The van der Waals surface area contributed by atoms with Gasteiger partial charge < -0.3 is 4.55 Å². The topological polar surface area (TPSA) is 74.3 Å². The van der Waals surface area contributed by atoms with Gasteiger partial charge in [0.05, 0.1) is 4.88 Å². The molecular formula is C5H3NaO4S2. The van der Waals surface area contributed by atoms with Crippen LogP contribution in [0.2, 0.25) is 0 Å². The number of carbonyl (C=O) groups excluding carboxylic acids is 1. The number of hydrogen-bond donors (Lipinski definition) is 0. The first-order valence-corrected chi connectivity index (χ1v) is 4.77. The predicted octanol–water partition coefficient (Wildman–Crippen LogP) is -2.53. The van der Waals surface area contributed by atoms with E-state index in [1.807, 2.05) is 0 Å². The number of aldehydes is 1. The standard InChI is InChI=1S/C5H4O4S2.Na/c6-3-4-1-2-5(10-4)11(7,8)9;/h1-3H,(H,7,8,9);/q;+1/p-1. The van der Waals surface area contributed by atoms with E-state index in [1.54, 1.807) is 0 Å². The molecule has 4 nitrogen and oxygen atoms in total. The fourth-order valence-electron chi connectivity index (χ4n) is 0.532. The first-order chi connectivity index (χ1) is 5.04. The van der Waals surface area contributed by atoms with E-state index in [0.29, 0.717) is 17.6 Å². The van der Waals surface area contributed by atoms with Gasteiger partial charge in [0, 0.05) is 0 Å². The maximum Gasteiger partial charge on any atom is 1.00 e. The molecule has 0 fully saturated rings. The molecular weight excluding hydrogens is 211 g/mol. The summed E-state index contributed by atoms with van der Waals surface area (Å²) in [6.07, 6.45) is 0.499. The second-order valence-corrected chi connectivity index (χ2v) is 4.45. The summed E-state index contributed by atoms with van der Waals surface area (Å²) in [5.74, 6) is 0. The van der Waals surface area contributed by atoms with Crippen LogP contribution in [0.15, 0.2) is 16.3 Å². The summed E-state index contributed by atoms with van der Waals surface area (Å²) in [6.45, 7) is 0. The molecule has 7 heteroatoms. The Morgan fingerprint density at radius 3 is 2.25 bits per heavy atom. The quantitative estimate of drug-likeness (QED) is 0.309. The van der Waals surface area contributed by atoms with Crippen molar-refractivity contribution in [1.29, 1.82) is 0 Å². The summed E-state index contributed by atoms with van der Waals surface area (Å²) < 4.78 is 30.6. The molecule has 0 radical (unpaired) electrons. The fourth-order valence-corrected chi connectivity index (χ4v) is 2.02. The Balaban J connectivity index is 0.00000121. The maximum atomic E-state index is 10.3. The first kappa shape index (κ1) is 12.3. The van der Waals surface area contributed by atoms with Gasteiger partial charge in [-0.15, -0.1) is 11.3 Å². The van der Waals surface area contributed by atoms with Crippen LogP contribution >= 0.6 is 11.3 Å². The van der Waals surface area contributed by atoms with Crippen LogP contribution in [-0.2, 0) is 10.1 Å². The molecule has 0 saturated heterocycles. The zero-order valence-electron chi connectivity index (χ0n) is 6.18. The van der Waals surface area contributed by atoms with Crippen LogP contribution in [0.3, 0.4) is 0 Å². The Morgan fingerprint density at radius 2 is 2.00 bits per heavy atom. The van der Waals surface area contributed by atoms with E-state index < -0.39 is 10.1 Å². The van der Waals surface area contributed by atoms with Gasteiger partial charge in [-0.2, -0.15) is 0 Å². The molecule has 1 aromatic heterocycles. The Labute approximate surface area is 95.6 Å². The zero-order chi connectivity index (χ0) is 8.48. The minimum Gasteiger partial charge on any atom is -0.743 e. The molecule has 0 saturated carbocycles. The summed E-state index contributed by atoms with van der Waals surface area (Å²) in [5, 5.41) is 0. The minimum absolute atomic E-state index is 0. The largest absolute Gasteiger partial charge is 1.00 e. The zero-order valence-corrected chi connectivity index (χ0v) is 9.81. The van der Waals surface area contributed by atoms with Crippen LogP contribution in [0.25, 0.3) is 0 Å². The third-order valence-electron chi connectivity index (χ3n) is 0.965. The monoisotopic (exact) mass is 214 g/mol. The minimum atomic E-state index is -4.38. The molecule has 0 unspecified atom stereocenters. The summed E-state index contributed by atoms with van der Waals surface area (Å²) in [7, 11) is -4.38. The van der Waals surface area contributed by atoms with E-state index in [0.717, 1.165) is 6.07 Å².